The SMILES string of the molecule is CCc1ccccc1NC1(C)NC(c2ccc3c(c2)OCCCO3)=CS1. The highest BCUT2D eigenvalue weighted by atomic mass is 32.2. The van der Waals surface area contributed by atoms with E-state index >= 15 is 0 Å². The summed E-state index contributed by atoms with van der Waals surface area (Å²) in [5, 5.41) is 9.44. The fraction of sp³-hybridized carbons (Fsp3) is 0.333. The molecule has 2 aliphatic heterocycles. The van der Waals surface area contributed by atoms with E-state index in [9.17, 15) is 0 Å². The topological polar surface area (TPSA) is 42.5 Å². The summed E-state index contributed by atoms with van der Waals surface area (Å²) in [6, 6.07) is 14.6. The summed E-state index contributed by atoms with van der Waals surface area (Å²) in [5.74, 6) is 1.65. The van der Waals surface area contributed by atoms with Gasteiger partial charge in [-0.15, -0.1) is 0 Å². The molecule has 0 radical (unpaired) electrons. The van der Waals surface area contributed by atoms with Gasteiger partial charge in [0.2, 0.25) is 0 Å². The number of aryl methyl sites for hydroxylation is 1. The minimum atomic E-state index is -0.287. The molecule has 0 saturated carbocycles. The zero-order valence-corrected chi connectivity index (χ0v) is 16.0. The summed E-state index contributed by atoms with van der Waals surface area (Å²) >= 11 is 1.75. The Labute approximate surface area is 159 Å². The molecule has 2 N–H and O–H groups in total. The van der Waals surface area contributed by atoms with Crippen molar-refractivity contribution in [3.05, 3.63) is 59.0 Å². The number of hydrogen-bond donors (Lipinski definition) is 2. The van der Waals surface area contributed by atoms with Gasteiger partial charge in [0.1, 0.15) is 0 Å². The van der Waals surface area contributed by atoms with Gasteiger partial charge in [0.15, 0.2) is 16.5 Å². The van der Waals surface area contributed by atoms with Gasteiger partial charge in [-0.2, -0.15) is 0 Å². The van der Waals surface area contributed by atoms with Crippen molar-refractivity contribution in [3.8, 4) is 11.5 Å². The Kier molecular flexibility index (Phi) is 4.72. The molecule has 26 heavy (non-hydrogen) atoms. The van der Waals surface area contributed by atoms with Crippen molar-refractivity contribution in [1.82, 2.24) is 5.32 Å². The molecular formula is C21H24N2O2S. The molecule has 0 fully saturated rings. The maximum absolute atomic E-state index is 5.82. The van der Waals surface area contributed by atoms with Crippen molar-refractivity contribution in [1.29, 1.82) is 0 Å². The number of thioether (sulfide) groups is 1. The van der Waals surface area contributed by atoms with Crippen molar-refractivity contribution >= 4 is 23.1 Å². The molecule has 2 aromatic carbocycles. The second-order valence-electron chi connectivity index (χ2n) is 6.66. The Balaban J connectivity index is 1.51. The lowest BCUT2D eigenvalue weighted by Gasteiger charge is -2.29. The molecule has 2 aliphatic rings. The monoisotopic (exact) mass is 368 g/mol. The van der Waals surface area contributed by atoms with Gasteiger partial charge in [-0.05, 0) is 48.6 Å². The number of rotatable bonds is 4. The summed E-state index contributed by atoms with van der Waals surface area (Å²) in [6.07, 6.45) is 1.92. The van der Waals surface area contributed by atoms with Crippen LogP contribution in [-0.2, 0) is 6.42 Å². The van der Waals surface area contributed by atoms with Crippen LogP contribution >= 0.6 is 11.8 Å². The third-order valence-corrected chi connectivity index (χ3v) is 5.64. The van der Waals surface area contributed by atoms with E-state index in [1.165, 1.54) is 11.3 Å². The molecular weight excluding hydrogens is 344 g/mol. The van der Waals surface area contributed by atoms with Crippen LogP contribution in [0.2, 0.25) is 0 Å². The zero-order valence-electron chi connectivity index (χ0n) is 15.2. The van der Waals surface area contributed by atoms with Crippen molar-refractivity contribution < 1.29 is 9.47 Å². The average molecular weight is 369 g/mol. The molecule has 0 spiro atoms. The Hall–Kier alpha value is -2.27. The first kappa shape index (κ1) is 17.2. The first-order valence-electron chi connectivity index (χ1n) is 9.09. The number of fused-ring (bicyclic) bond motifs is 1. The van der Waals surface area contributed by atoms with E-state index in [1.54, 1.807) is 11.8 Å². The van der Waals surface area contributed by atoms with Crippen molar-refractivity contribution in [2.75, 3.05) is 18.5 Å². The first-order valence-corrected chi connectivity index (χ1v) is 9.97. The van der Waals surface area contributed by atoms with Crippen LogP contribution in [0.1, 0.15) is 31.4 Å². The number of nitrogens with one attached hydrogen (secondary N) is 2. The van der Waals surface area contributed by atoms with Crippen LogP contribution in [0.25, 0.3) is 5.70 Å². The van der Waals surface area contributed by atoms with Gasteiger partial charge in [-0.1, -0.05) is 36.9 Å². The Morgan fingerprint density at radius 1 is 1.12 bits per heavy atom. The molecule has 1 atom stereocenters. The van der Waals surface area contributed by atoms with Crippen molar-refractivity contribution in [2.24, 2.45) is 0 Å². The molecule has 0 aliphatic carbocycles. The van der Waals surface area contributed by atoms with Crippen LogP contribution < -0.4 is 20.1 Å². The number of benzene rings is 2. The molecule has 5 heteroatoms. The standard InChI is InChI=1S/C21H24N2O2S/c1-3-15-7-4-5-8-17(15)22-21(2)23-18(14-26-21)16-9-10-19-20(13-16)25-12-6-11-24-19/h4-5,7-10,13-14,22-23H,3,6,11-12H2,1-2H3. The summed E-state index contributed by atoms with van der Waals surface area (Å²) in [6.45, 7) is 5.75. The molecule has 0 saturated heterocycles. The minimum absolute atomic E-state index is 0.287. The van der Waals surface area contributed by atoms with Crippen LogP contribution in [0.4, 0.5) is 5.69 Å². The van der Waals surface area contributed by atoms with E-state index in [4.69, 9.17) is 9.47 Å². The smallest absolute Gasteiger partial charge is 0.161 e. The zero-order chi connectivity index (χ0) is 18.0. The normalized spacial score (nSPS) is 21.5. The van der Waals surface area contributed by atoms with Gasteiger partial charge in [-0.3, -0.25) is 0 Å². The van der Waals surface area contributed by atoms with Crippen LogP contribution in [-0.4, -0.2) is 18.2 Å². The first-order chi connectivity index (χ1) is 12.7. The van der Waals surface area contributed by atoms with Gasteiger partial charge < -0.3 is 20.1 Å². The van der Waals surface area contributed by atoms with Crippen LogP contribution in [0.15, 0.2) is 47.9 Å². The molecule has 0 aromatic heterocycles. The summed E-state index contributed by atoms with van der Waals surface area (Å²) in [5.41, 5.74) is 4.69. The maximum atomic E-state index is 5.82. The quantitative estimate of drug-likeness (QED) is 0.809. The number of hydrogen-bond acceptors (Lipinski definition) is 5. The van der Waals surface area contributed by atoms with Crippen LogP contribution in [0, 0.1) is 0 Å². The van der Waals surface area contributed by atoms with Gasteiger partial charge in [0.05, 0.1) is 18.9 Å². The largest absolute Gasteiger partial charge is 0.490 e. The highest BCUT2D eigenvalue weighted by Crippen LogP contribution is 2.39. The Bertz CT molecular complexity index is 837. The fourth-order valence-electron chi connectivity index (χ4n) is 3.23. The number of ether oxygens (including phenoxy) is 2. The predicted molar refractivity (Wildman–Crippen MR) is 109 cm³/mol. The van der Waals surface area contributed by atoms with Gasteiger partial charge in [0.25, 0.3) is 0 Å². The van der Waals surface area contributed by atoms with E-state index < -0.39 is 0 Å². The number of anilines is 1. The highest BCUT2D eigenvalue weighted by Gasteiger charge is 2.31. The third-order valence-electron chi connectivity index (χ3n) is 4.62. The Morgan fingerprint density at radius 3 is 2.77 bits per heavy atom. The lowest BCUT2D eigenvalue weighted by molar-refractivity contribution is 0.297. The minimum Gasteiger partial charge on any atom is -0.490 e. The van der Waals surface area contributed by atoms with Crippen molar-refractivity contribution in [2.45, 2.75) is 31.7 Å². The summed E-state index contributed by atoms with van der Waals surface area (Å²) in [4.78, 5) is -0.287. The van der Waals surface area contributed by atoms with Crippen LogP contribution in [0.5, 0.6) is 11.5 Å². The lowest BCUT2D eigenvalue weighted by atomic mass is 10.1. The number of para-hydroxylation sites is 1. The second kappa shape index (κ2) is 7.16. The Morgan fingerprint density at radius 2 is 1.92 bits per heavy atom. The second-order valence-corrected chi connectivity index (χ2v) is 7.94. The molecule has 4 rings (SSSR count). The lowest BCUT2D eigenvalue weighted by Crippen LogP contribution is -2.42. The molecule has 4 nitrogen and oxygen atoms in total. The molecule has 1 unspecified atom stereocenters. The molecule has 136 valence electrons. The van der Waals surface area contributed by atoms with E-state index in [0.29, 0.717) is 13.2 Å². The van der Waals surface area contributed by atoms with Gasteiger partial charge in [-0.25, -0.2) is 0 Å². The average Bonchev–Trinajstić information content (AvgIpc) is 2.89. The maximum Gasteiger partial charge on any atom is 0.161 e. The highest BCUT2D eigenvalue weighted by molar-refractivity contribution is 8.04. The fourth-order valence-corrected chi connectivity index (χ4v) is 4.12. The molecule has 2 heterocycles. The summed E-state index contributed by atoms with van der Waals surface area (Å²) in [7, 11) is 0. The molecule has 0 bridgehead atoms. The van der Waals surface area contributed by atoms with Gasteiger partial charge in [0, 0.05) is 17.7 Å². The summed E-state index contributed by atoms with van der Waals surface area (Å²) < 4.78 is 11.6. The van der Waals surface area contributed by atoms with Gasteiger partial charge >= 0.3 is 0 Å². The molecule has 0 amide bonds. The van der Waals surface area contributed by atoms with Crippen LogP contribution in [0.3, 0.4) is 0 Å². The third kappa shape index (κ3) is 3.49. The van der Waals surface area contributed by atoms with E-state index in [1.807, 2.05) is 6.07 Å². The van der Waals surface area contributed by atoms with Crippen molar-refractivity contribution in [3.63, 3.8) is 0 Å². The predicted octanol–water partition coefficient (Wildman–Crippen LogP) is 4.83. The van der Waals surface area contributed by atoms with E-state index in [0.717, 1.165) is 35.6 Å². The van der Waals surface area contributed by atoms with E-state index in [-0.39, 0.29) is 4.99 Å². The van der Waals surface area contributed by atoms with E-state index in [2.05, 4.69) is 66.3 Å². The molecule has 2 aromatic rings.